The SMILES string of the molecule is N#CN=c1[n-]c2cc([N+](=O)[O-])c(-n3ccc(=O)cc3)cc2[nH]c1=O.[K+]. The van der Waals surface area contributed by atoms with Crippen molar-refractivity contribution in [3.05, 3.63) is 72.8 Å². The van der Waals surface area contributed by atoms with Gasteiger partial charge < -0.3 is 19.5 Å². The summed E-state index contributed by atoms with van der Waals surface area (Å²) in [4.78, 5) is 43.3. The van der Waals surface area contributed by atoms with E-state index >= 15 is 0 Å². The van der Waals surface area contributed by atoms with Gasteiger partial charge in [-0.3, -0.25) is 19.7 Å². The predicted octanol–water partition coefficient (Wildman–Crippen LogP) is -3.07. The van der Waals surface area contributed by atoms with Crippen LogP contribution >= 0.6 is 0 Å². The minimum Gasteiger partial charge on any atom is -0.429 e. The molecule has 0 aliphatic carbocycles. The number of nitro groups is 1. The Kier molecular flexibility index (Phi) is 5.83. The third kappa shape index (κ3) is 3.84. The van der Waals surface area contributed by atoms with Crippen molar-refractivity contribution in [3.63, 3.8) is 0 Å². The summed E-state index contributed by atoms with van der Waals surface area (Å²) in [6.07, 6.45) is 4.20. The zero-order valence-electron chi connectivity index (χ0n) is 12.8. The third-order valence-corrected chi connectivity index (χ3v) is 3.20. The largest absolute Gasteiger partial charge is 1.00 e. The fraction of sp³-hybridized carbons (Fsp3) is 0. The van der Waals surface area contributed by atoms with Gasteiger partial charge in [-0.2, -0.15) is 5.26 Å². The molecule has 3 rings (SSSR count). The maximum absolute atomic E-state index is 11.8. The molecule has 1 N–H and O–H groups in total. The number of rotatable bonds is 2. The van der Waals surface area contributed by atoms with Crippen LogP contribution in [-0.4, -0.2) is 14.5 Å². The molecule has 10 nitrogen and oxygen atoms in total. The zero-order valence-corrected chi connectivity index (χ0v) is 16.0. The van der Waals surface area contributed by atoms with Crippen molar-refractivity contribution in [2.75, 3.05) is 0 Å². The van der Waals surface area contributed by atoms with Gasteiger partial charge in [0.05, 0.1) is 11.1 Å². The van der Waals surface area contributed by atoms with E-state index in [1.807, 2.05) is 0 Å². The van der Waals surface area contributed by atoms with Gasteiger partial charge in [0, 0.05) is 41.6 Å². The monoisotopic (exact) mass is 362 g/mol. The number of nitriles is 1. The number of nitrogens with one attached hydrogen (secondary N) is 1. The molecule has 0 aliphatic heterocycles. The van der Waals surface area contributed by atoms with Crippen LogP contribution in [0.2, 0.25) is 0 Å². The zero-order chi connectivity index (χ0) is 17.3. The Bertz CT molecular complexity index is 1180. The summed E-state index contributed by atoms with van der Waals surface area (Å²) in [5.41, 5.74) is -1.11. The molecule has 0 fully saturated rings. The summed E-state index contributed by atoms with van der Waals surface area (Å²) < 4.78 is 1.38. The van der Waals surface area contributed by atoms with Crippen LogP contribution in [0.3, 0.4) is 0 Å². The summed E-state index contributed by atoms with van der Waals surface area (Å²) in [6, 6.07) is 5.03. The molecule has 0 aliphatic rings. The molecular weight excluding hydrogens is 355 g/mol. The van der Waals surface area contributed by atoms with Gasteiger partial charge >= 0.3 is 51.4 Å². The average Bonchev–Trinajstić information content (AvgIpc) is 2.55. The van der Waals surface area contributed by atoms with Crippen molar-refractivity contribution in [2.45, 2.75) is 0 Å². The Hall–Kier alpha value is -2.36. The van der Waals surface area contributed by atoms with Gasteiger partial charge in [-0.25, -0.2) is 0 Å². The van der Waals surface area contributed by atoms with E-state index < -0.39 is 10.5 Å². The molecule has 2 aromatic heterocycles. The van der Waals surface area contributed by atoms with Gasteiger partial charge in [0.1, 0.15) is 5.69 Å². The van der Waals surface area contributed by atoms with E-state index in [4.69, 9.17) is 5.26 Å². The number of H-pyrrole nitrogens is 1. The first-order valence-corrected chi connectivity index (χ1v) is 6.50. The smallest absolute Gasteiger partial charge is 0.429 e. The molecule has 3 aromatic rings. The first-order chi connectivity index (χ1) is 11.5. The average molecular weight is 362 g/mol. The predicted molar refractivity (Wildman–Crippen MR) is 81.3 cm³/mol. The summed E-state index contributed by atoms with van der Waals surface area (Å²) in [7, 11) is 0. The van der Waals surface area contributed by atoms with Crippen LogP contribution in [0.4, 0.5) is 5.69 Å². The van der Waals surface area contributed by atoms with Gasteiger partial charge in [-0.05, 0) is 11.6 Å². The van der Waals surface area contributed by atoms with Crippen molar-refractivity contribution in [2.24, 2.45) is 4.99 Å². The topological polar surface area (TPSA) is 148 Å². The molecule has 0 saturated heterocycles. The Morgan fingerprint density at radius 1 is 1.28 bits per heavy atom. The maximum atomic E-state index is 11.8. The number of pyridine rings is 1. The molecule has 0 atom stereocenters. The molecule has 11 heteroatoms. The van der Waals surface area contributed by atoms with Crippen LogP contribution in [0.25, 0.3) is 16.7 Å². The number of nitrogens with zero attached hydrogens (tertiary/aromatic N) is 5. The number of benzene rings is 1. The third-order valence-electron chi connectivity index (χ3n) is 3.20. The second-order valence-electron chi connectivity index (χ2n) is 4.66. The Labute approximate surface area is 181 Å². The summed E-state index contributed by atoms with van der Waals surface area (Å²) in [5, 5.41) is 19.9. The Morgan fingerprint density at radius 3 is 2.56 bits per heavy atom. The normalized spacial score (nSPS) is 10.9. The van der Waals surface area contributed by atoms with Crippen LogP contribution in [0.15, 0.2) is 51.2 Å². The van der Waals surface area contributed by atoms with E-state index in [9.17, 15) is 19.7 Å². The van der Waals surface area contributed by atoms with E-state index in [1.165, 1.54) is 41.4 Å². The molecule has 0 saturated carbocycles. The number of hydrogen-bond donors (Lipinski definition) is 1. The van der Waals surface area contributed by atoms with E-state index in [2.05, 4.69) is 15.0 Å². The molecule has 0 amide bonds. The van der Waals surface area contributed by atoms with Crippen LogP contribution < -0.4 is 72.8 Å². The minimum absolute atomic E-state index is 0. The Balaban J connectivity index is 0.00000225. The molecular formula is C14H7KN6O4. The first-order valence-electron chi connectivity index (χ1n) is 6.50. The fourth-order valence-electron chi connectivity index (χ4n) is 2.15. The van der Waals surface area contributed by atoms with E-state index in [1.54, 1.807) is 0 Å². The number of nitro benzene ring substituents is 1. The van der Waals surface area contributed by atoms with E-state index in [0.29, 0.717) is 0 Å². The number of fused-ring (bicyclic) bond motifs is 1. The minimum atomic E-state index is -0.691. The molecule has 2 heterocycles. The second kappa shape index (κ2) is 7.68. The van der Waals surface area contributed by atoms with Crippen molar-refractivity contribution >= 4 is 16.7 Å². The van der Waals surface area contributed by atoms with Gasteiger partial charge in [-0.1, -0.05) is 0 Å². The van der Waals surface area contributed by atoms with E-state index in [0.717, 1.165) is 6.07 Å². The number of aromatic nitrogens is 3. The summed E-state index contributed by atoms with van der Waals surface area (Å²) >= 11 is 0. The summed E-state index contributed by atoms with van der Waals surface area (Å²) in [6.45, 7) is 0. The Morgan fingerprint density at radius 2 is 1.96 bits per heavy atom. The molecule has 118 valence electrons. The van der Waals surface area contributed by atoms with Crippen molar-refractivity contribution in [1.29, 1.82) is 5.26 Å². The van der Waals surface area contributed by atoms with Crippen LogP contribution in [0.5, 0.6) is 0 Å². The maximum Gasteiger partial charge on any atom is 1.00 e. The molecule has 0 spiro atoms. The van der Waals surface area contributed by atoms with Gasteiger partial charge in [0.25, 0.3) is 5.69 Å². The first kappa shape index (κ1) is 19.0. The number of hydrogen-bond acceptors (Lipinski definition) is 6. The molecule has 1 aromatic carbocycles. The van der Waals surface area contributed by atoms with Gasteiger partial charge in [-0.15, -0.1) is 0 Å². The molecule has 0 unspecified atom stereocenters. The standard InChI is InChI=1S/C14H8N6O4.K/c15-7-16-13-14(22)18-10-5-11(19-3-1-8(21)2-4-19)12(20(23)24)6-9(10)17-13;/h1-6H,(H2,16,17,18,22);/q;+1/p-1. The molecule has 25 heavy (non-hydrogen) atoms. The van der Waals surface area contributed by atoms with Crippen molar-refractivity contribution in [3.8, 4) is 11.9 Å². The van der Waals surface area contributed by atoms with Crippen LogP contribution in [0.1, 0.15) is 0 Å². The van der Waals surface area contributed by atoms with Gasteiger partial charge in [0.2, 0.25) is 5.56 Å². The number of aromatic amines is 1. The fourth-order valence-corrected chi connectivity index (χ4v) is 2.15. The second-order valence-corrected chi connectivity index (χ2v) is 4.66. The summed E-state index contributed by atoms with van der Waals surface area (Å²) in [5.74, 6) is 0. The van der Waals surface area contributed by atoms with Crippen LogP contribution in [-0.2, 0) is 0 Å². The molecule has 0 radical (unpaired) electrons. The van der Waals surface area contributed by atoms with Crippen LogP contribution in [0, 0.1) is 21.6 Å². The quantitative estimate of drug-likeness (QED) is 0.221. The van der Waals surface area contributed by atoms with Crippen molar-refractivity contribution in [1.82, 2.24) is 14.5 Å². The van der Waals surface area contributed by atoms with Crippen molar-refractivity contribution < 1.29 is 56.3 Å². The van der Waals surface area contributed by atoms with Gasteiger partial charge in [0.15, 0.2) is 5.43 Å². The van der Waals surface area contributed by atoms with E-state index in [-0.39, 0.29) is 84.7 Å². The molecule has 0 bridgehead atoms.